The molecule has 1 saturated heterocycles. The molecular formula is C26H26F3N5OS. The lowest BCUT2D eigenvalue weighted by Crippen LogP contribution is -2.51. The molecule has 0 spiro atoms. The number of carbonyl (C=O) groups excluding carboxylic acids is 1. The summed E-state index contributed by atoms with van der Waals surface area (Å²) in [5, 5.41) is 5.86. The maximum absolute atomic E-state index is 13.6. The van der Waals surface area contributed by atoms with Gasteiger partial charge in [-0.25, -0.2) is 0 Å². The minimum atomic E-state index is -4.43. The molecule has 0 N–H and O–H groups in total. The summed E-state index contributed by atoms with van der Waals surface area (Å²) in [7, 11) is 2.09. The number of benzene rings is 2. The van der Waals surface area contributed by atoms with Gasteiger partial charge in [-0.15, -0.1) is 0 Å². The number of aliphatic imine (C=N–C) groups is 1. The Balaban J connectivity index is 1.36. The predicted molar refractivity (Wildman–Crippen MR) is 137 cm³/mol. The number of hydrogen-bond acceptors (Lipinski definition) is 5. The number of aromatic nitrogens is 2. The van der Waals surface area contributed by atoms with Crippen molar-refractivity contribution in [3.05, 3.63) is 69.8 Å². The van der Waals surface area contributed by atoms with E-state index in [0.29, 0.717) is 10.5 Å². The van der Waals surface area contributed by atoms with Crippen LogP contribution in [-0.2, 0) is 17.5 Å². The first-order chi connectivity index (χ1) is 17.1. The molecule has 2 aliphatic heterocycles. The summed E-state index contributed by atoms with van der Waals surface area (Å²) in [5.41, 5.74) is 1.61. The SMILES string of the molecule is Cc1ccc(Cn2ncc3cc(/C=C4\SC(N5CCN(C)C[C@H]5C)=NC4=O)ccc32)c(C(F)(F)F)c1. The molecule has 10 heteroatoms. The van der Waals surface area contributed by atoms with Gasteiger partial charge in [-0.3, -0.25) is 9.48 Å². The quantitative estimate of drug-likeness (QED) is 0.461. The monoisotopic (exact) mass is 513 g/mol. The third kappa shape index (κ3) is 4.92. The third-order valence-corrected chi connectivity index (χ3v) is 7.56. The molecule has 5 rings (SSSR count). The molecule has 0 aliphatic carbocycles. The molecule has 0 bridgehead atoms. The second-order valence-corrected chi connectivity index (χ2v) is 10.4. The molecule has 0 unspecified atom stereocenters. The molecule has 0 saturated carbocycles. The summed E-state index contributed by atoms with van der Waals surface area (Å²) < 4.78 is 42.2. The lowest BCUT2D eigenvalue weighted by atomic mass is 10.0. The molecule has 2 aliphatic rings. The second kappa shape index (κ2) is 9.40. The van der Waals surface area contributed by atoms with Gasteiger partial charge in [0.2, 0.25) is 0 Å². The number of rotatable bonds is 3. The zero-order valence-electron chi connectivity index (χ0n) is 20.2. The number of amidine groups is 1. The fourth-order valence-electron chi connectivity index (χ4n) is 4.67. The topological polar surface area (TPSA) is 53.7 Å². The van der Waals surface area contributed by atoms with Crippen LogP contribution in [0.1, 0.15) is 29.2 Å². The summed E-state index contributed by atoms with van der Waals surface area (Å²) in [6, 6.07) is 10.2. The Morgan fingerprint density at radius 2 is 1.97 bits per heavy atom. The lowest BCUT2D eigenvalue weighted by Gasteiger charge is -2.38. The average molecular weight is 514 g/mol. The normalized spacial score (nSPS) is 20.6. The van der Waals surface area contributed by atoms with Crippen molar-refractivity contribution in [2.75, 3.05) is 26.7 Å². The van der Waals surface area contributed by atoms with Gasteiger partial charge < -0.3 is 9.80 Å². The molecule has 188 valence electrons. The highest BCUT2D eigenvalue weighted by Gasteiger charge is 2.34. The van der Waals surface area contributed by atoms with Crippen LogP contribution in [0.5, 0.6) is 0 Å². The van der Waals surface area contributed by atoms with Crippen molar-refractivity contribution in [2.24, 2.45) is 4.99 Å². The zero-order chi connectivity index (χ0) is 25.6. The fourth-order valence-corrected chi connectivity index (χ4v) is 5.71. The highest BCUT2D eigenvalue weighted by molar-refractivity contribution is 8.18. The number of nitrogens with zero attached hydrogens (tertiary/aromatic N) is 5. The van der Waals surface area contributed by atoms with Crippen molar-refractivity contribution in [3.8, 4) is 0 Å². The maximum atomic E-state index is 13.6. The first-order valence-electron chi connectivity index (χ1n) is 11.7. The largest absolute Gasteiger partial charge is 0.416 e. The highest BCUT2D eigenvalue weighted by Crippen LogP contribution is 2.34. The number of thioether (sulfide) groups is 1. The Bertz CT molecular complexity index is 1390. The molecule has 1 fully saturated rings. The summed E-state index contributed by atoms with van der Waals surface area (Å²) in [6.07, 6.45) is -0.989. The lowest BCUT2D eigenvalue weighted by molar-refractivity contribution is -0.138. The van der Waals surface area contributed by atoms with E-state index < -0.39 is 11.7 Å². The van der Waals surface area contributed by atoms with Crippen LogP contribution in [0.3, 0.4) is 0 Å². The van der Waals surface area contributed by atoms with Crippen molar-refractivity contribution in [1.82, 2.24) is 19.6 Å². The van der Waals surface area contributed by atoms with E-state index in [0.717, 1.165) is 41.3 Å². The van der Waals surface area contributed by atoms with Gasteiger partial charge >= 0.3 is 6.18 Å². The van der Waals surface area contributed by atoms with E-state index in [9.17, 15) is 18.0 Å². The number of carbonyl (C=O) groups is 1. The van der Waals surface area contributed by atoms with Gasteiger partial charge in [0, 0.05) is 31.1 Å². The number of halogens is 3. The van der Waals surface area contributed by atoms with Gasteiger partial charge in [0.1, 0.15) is 0 Å². The molecule has 3 heterocycles. The van der Waals surface area contributed by atoms with E-state index in [1.807, 2.05) is 24.3 Å². The Kier molecular flexibility index (Phi) is 6.42. The predicted octanol–water partition coefficient (Wildman–Crippen LogP) is 5.02. The van der Waals surface area contributed by atoms with Gasteiger partial charge in [0.25, 0.3) is 5.91 Å². The first-order valence-corrected chi connectivity index (χ1v) is 12.5. The minimum absolute atomic E-state index is 0.00774. The van der Waals surface area contributed by atoms with Crippen LogP contribution in [0.25, 0.3) is 17.0 Å². The second-order valence-electron chi connectivity index (χ2n) is 9.39. The van der Waals surface area contributed by atoms with Crippen molar-refractivity contribution >= 4 is 39.8 Å². The molecule has 1 amide bonds. The van der Waals surface area contributed by atoms with E-state index in [4.69, 9.17) is 0 Å². The Labute approximate surface area is 211 Å². The third-order valence-electron chi connectivity index (χ3n) is 6.54. The van der Waals surface area contributed by atoms with Crippen LogP contribution in [-0.4, -0.2) is 63.4 Å². The van der Waals surface area contributed by atoms with Crippen LogP contribution in [0.4, 0.5) is 13.2 Å². The summed E-state index contributed by atoms with van der Waals surface area (Å²) in [4.78, 5) is 21.9. The van der Waals surface area contributed by atoms with Gasteiger partial charge in [-0.1, -0.05) is 23.8 Å². The molecular weight excluding hydrogens is 487 g/mol. The van der Waals surface area contributed by atoms with Gasteiger partial charge in [-0.2, -0.15) is 23.3 Å². The molecule has 3 aromatic rings. The molecule has 0 radical (unpaired) electrons. The Morgan fingerprint density at radius 3 is 2.72 bits per heavy atom. The van der Waals surface area contributed by atoms with E-state index in [1.54, 1.807) is 23.9 Å². The van der Waals surface area contributed by atoms with E-state index >= 15 is 0 Å². The molecule has 36 heavy (non-hydrogen) atoms. The molecule has 1 aromatic heterocycles. The van der Waals surface area contributed by atoms with Crippen molar-refractivity contribution < 1.29 is 18.0 Å². The van der Waals surface area contributed by atoms with Gasteiger partial charge in [0.05, 0.1) is 28.7 Å². The number of likely N-dealkylation sites (N-methyl/N-ethyl adjacent to an activating group) is 1. The van der Waals surface area contributed by atoms with E-state index in [1.165, 1.54) is 23.9 Å². The van der Waals surface area contributed by atoms with E-state index in [2.05, 4.69) is 33.9 Å². The van der Waals surface area contributed by atoms with E-state index in [-0.39, 0.29) is 24.1 Å². The Hall–Kier alpha value is -3.11. The summed E-state index contributed by atoms with van der Waals surface area (Å²) in [5.74, 6) is -0.254. The van der Waals surface area contributed by atoms with Crippen molar-refractivity contribution in [3.63, 3.8) is 0 Å². The van der Waals surface area contributed by atoms with Crippen LogP contribution < -0.4 is 0 Å². The summed E-state index contributed by atoms with van der Waals surface area (Å²) >= 11 is 1.38. The first kappa shape index (κ1) is 24.6. The molecule has 6 nitrogen and oxygen atoms in total. The van der Waals surface area contributed by atoms with Gasteiger partial charge in [-0.05, 0) is 68.1 Å². The number of amides is 1. The Morgan fingerprint density at radius 1 is 1.17 bits per heavy atom. The van der Waals surface area contributed by atoms with Crippen molar-refractivity contribution in [1.29, 1.82) is 0 Å². The number of alkyl halides is 3. The number of fused-ring (bicyclic) bond motifs is 1. The standard InChI is InChI=1S/C26H26F3N5OS/c1-16-4-6-19(21(10-16)26(27,28)29)15-34-22-7-5-18(11-20(22)13-30-34)12-23-24(35)31-25(36-23)33-9-8-32(3)14-17(33)2/h4-7,10-13,17H,8-9,14-15H2,1-3H3/b23-12-/t17-/m1/s1. The van der Waals surface area contributed by atoms with Crippen LogP contribution in [0, 0.1) is 6.92 Å². The number of piperazine rings is 1. The smallest absolute Gasteiger partial charge is 0.346 e. The maximum Gasteiger partial charge on any atom is 0.416 e. The van der Waals surface area contributed by atoms with Gasteiger partial charge in [0.15, 0.2) is 5.17 Å². The number of hydrogen-bond donors (Lipinski definition) is 0. The van der Waals surface area contributed by atoms with Crippen LogP contribution in [0.15, 0.2) is 52.5 Å². The fraction of sp³-hybridized carbons (Fsp3) is 0.346. The van der Waals surface area contributed by atoms with Crippen molar-refractivity contribution in [2.45, 2.75) is 32.6 Å². The van der Waals surface area contributed by atoms with Crippen LogP contribution >= 0.6 is 11.8 Å². The average Bonchev–Trinajstić information content (AvgIpc) is 3.37. The minimum Gasteiger partial charge on any atom is -0.346 e. The molecule has 1 atom stereocenters. The van der Waals surface area contributed by atoms with Crippen LogP contribution in [0.2, 0.25) is 0 Å². The highest BCUT2D eigenvalue weighted by atomic mass is 32.2. The zero-order valence-corrected chi connectivity index (χ0v) is 21.0. The summed E-state index contributed by atoms with van der Waals surface area (Å²) in [6.45, 7) is 6.45. The molecule has 2 aromatic carbocycles. The number of aryl methyl sites for hydroxylation is 1.